The molecule has 1 saturated heterocycles. The van der Waals surface area contributed by atoms with Crippen LogP contribution in [0, 0.1) is 6.92 Å². The molecule has 0 amide bonds. The number of sulfonamides is 1. The van der Waals surface area contributed by atoms with E-state index in [-0.39, 0.29) is 12.0 Å². The lowest BCUT2D eigenvalue weighted by Crippen LogP contribution is -2.47. The zero-order valence-corrected chi connectivity index (χ0v) is 25.2. The molecule has 0 bridgehead atoms. The maximum absolute atomic E-state index is 12.4. The van der Waals surface area contributed by atoms with Crippen molar-refractivity contribution in [2.75, 3.05) is 61.2 Å². The molecule has 2 aromatic carbocycles. The molecular formula is C30H40N6O3S. The molecule has 10 heteroatoms. The maximum atomic E-state index is 12.4. The fourth-order valence-corrected chi connectivity index (χ4v) is 6.00. The van der Waals surface area contributed by atoms with Gasteiger partial charge in [0, 0.05) is 62.6 Å². The highest BCUT2D eigenvalue weighted by atomic mass is 32.2. The lowest BCUT2D eigenvalue weighted by Gasteiger charge is -2.37. The summed E-state index contributed by atoms with van der Waals surface area (Å²) < 4.78 is 31.6. The Labute approximate surface area is 238 Å². The van der Waals surface area contributed by atoms with Gasteiger partial charge in [-0.15, -0.1) is 0 Å². The highest BCUT2D eigenvalue weighted by Gasteiger charge is 2.29. The molecule has 5 rings (SSSR count). The highest BCUT2D eigenvalue weighted by Crippen LogP contribution is 2.33. The van der Waals surface area contributed by atoms with Gasteiger partial charge in [0.05, 0.1) is 19.1 Å². The first-order valence-electron chi connectivity index (χ1n) is 13.8. The average Bonchev–Trinajstić information content (AvgIpc) is 2.93. The first-order chi connectivity index (χ1) is 18.9. The SMILES string of the molecule is COc1ccc(N2CCN(c3nc4c(c(Nc5cc(C(C)(C)C)ccc5C)n3)CN(S(C)(=O)=O)CC4)CC2)cc1. The van der Waals surface area contributed by atoms with E-state index in [4.69, 9.17) is 14.7 Å². The zero-order valence-electron chi connectivity index (χ0n) is 24.4. The normalized spacial score (nSPS) is 16.6. The standard InChI is InChI=1S/C30H40N6O3S/c1-21-7-8-22(30(2,3)4)19-27(21)31-28-25-20-36(40(6,37)38)14-13-26(25)32-29(33-28)35-17-15-34(16-18-35)23-9-11-24(39-5)12-10-23/h7-12,19H,13-18,20H2,1-6H3,(H,31,32,33). The second-order valence-corrected chi connectivity index (χ2v) is 13.7. The van der Waals surface area contributed by atoms with Crippen molar-refractivity contribution in [3.8, 4) is 5.75 Å². The number of ether oxygens (including phenoxy) is 1. The molecule has 0 spiro atoms. The summed E-state index contributed by atoms with van der Waals surface area (Å²) in [5.41, 5.74) is 6.22. The Morgan fingerprint density at radius 1 is 0.925 bits per heavy atom. The highest BCUT2D eigenvalue weighted by molar-refractivity contribution is 7.88. The van der Waals surface area contributed by atoms with Crippen LogP contribution in [0.5, 0.6) is 5.75 Å². The Balaban J connectivity index is 1.45. The van der Waals surface area contributed by atoms with Crippen molar-refractivity contribution < 1.29 is 13.2 Å². The van der Waals surface area contributed by atoms with Gasteiger partial charge in [-0.2, -0.15) is 9.29 Å². The third kappa shape index (κ3) is 6.02. The number of nitrogens with one attached hydrogen (secondary N) is 1. The van der Waals surface area contributed by atoms with Crippen LogP contribution >= 0.6 is 0 Å². The van der Waals surface area contributed by atoms with E-state index >= 15 is 0 Å². The summed E-state index contributed by atoms with van der Waals surface area (Å²) in [6.07, 6.45) is 1.82. The van der Waals surface area contributed by atoms with E-state index in [1.807, 2.05) is 12.1 Å². The van der Waals surface area contributed by atoms with Crippen LogP contribution in [0.4, 0.5) is 23.1 Å². The third-order valence-electron chi connectivity index (χ3n) is 7.84. The van der Waals surface area contributed by atoms with Gasteiger partial charge in [0.1, 0.15) is 11.6 Å². The van der Waals surface area contributed by atoms with Crippen molar-refractivity contribution in [3.05, 3.63) is 64.8 Å². The van der Waals surface area contributed by atoms with Crippen LogP contribution in [0.1, 0.15) is 43.2 Å². The summed E-state index contributed by atoms with van der Waals surface area (Å²) in [6, 6.07) is 14.6. The van der Waals surface area contributed by atoms with Crippen molar-refractivity contribution in [3.63, 3.8) is 0 Å². The average molecular weight is 565 g/mol. The number of anilines is 4. The molecule has 40 heavy (non-hydrogen) atoms. The van der Waals surface area contributed by atoms with Crippen LogP contribution < -0.4 is 19.9 Å². The zero-order chi connectivity index (χ0) is 28.7. The first-order valence-corrected chi connectivity index (χ1v) is 15.6. The van der Waals surface area contributed by atoms with Gasteiger partial charge >= 0.3 is 0 Å². The summed E-state index contributed by atoms with van der Waals surface area (Å²) >= 11 is 0. The molecule has 0 radical (unpaired) electrons. The van der Waals surface area contributed by atoms with E-state index in [0.29, 0.717) is 24.7 Å². The Morgan fingerprint density at radius 3 is 2.23 bits per heavy atom. The molecule has 214 valence electrons. The number of methoxy groups -OCH3 is 1. The van der Waals surface area contributed by atoms with Gasteiger partial charge in [-0.25, -0.2) is 13.4 Å². The van der Waals surface area contributed by atoms with E-state index in [1.165, 1.54) is 21.8 Å². The number of nitrogens with zero attached hydrogens (tertiary/aromatic N) is 5. The summed E-state index contributed by atoms with van der Waals surface area (Å²) in [7, 11) is -1.66. The Kier molecular flexibility index (Phi) is 7.67. The minimum atomic E-state index is -3.33. The van der Waals surface area contributed by atoms with Gasteiger partial charge < -0.3 is 19.9 Å². The topological polar surface area (TPSA) is 90.9 Å². The largest absolute Gasteiger partial charge is 0.497 e. The molecule has 2 aliphatic rings. The van der Waals surface area contributed by atoms with Gasteiger partial charge in [-0.3, -0.25) is 0 Å². The number of aryl methyl sites for hydroxylation is 1. The van der Waals surface area contributed by atoms with Gasteiger partial charge in [0.15, 0.2) is 0 Å². The minimum absolute atomic E-state index is 0.00294. The fraction of sp³-hybridized carbons (Fsp3) is 0.467. The predicted octanol–water partition coefficient (Wildman–Crippen LogP) is 4.48. The minimum Gasteiger partial charge on any atom is -0.497 e. The number of piperazine rings is 1. The molecule has 3 aromatic rings. The third-order valence-corrected chi connectivity index (χ3v) is 9.09. The summed E-state index contributed by atoms with van der Waals surface area (Å²) in [4.78, 5) is 14.6. The van der Waals surface area contributed by atoms with Crippen molar-refractivity contribution in [2.45, 2.75) is 46.1 Å². The second kappa shape index (κ2) is 10.9. The van der Waals surface area contributed by atoms with Gasteiger partial charge in [-0.05, 0) is 53.8 Å². The number of aromatic nitrogens is 2. The van der Waals surface area contributed by atoms with E-state index in [9.17, 15) is 8.42 Å². The number of benzene rings is 2. The Morgan fingerprint density at radius 2 is 1.60 bits per heavy atom. The molecule has 3 heterocycles. The molecule has 9 nitrogen and oxygen atoms in total. The Bertz CT molecular complexity index is 1480. The molecule has 2 aliphatic heterocycles. The quantitative estimate of drug-likeness (QED) is 0.469. The first kappa shape index (κ1) is 28.2. The van der Waals surface area contributed by atoms with Crippen molar-refractivity contribution in [2.24, 2.45) is 0 Å². The van der Waals surface area contributed by atoms with E-state index in [2.05, 4.69) is 73.1 Å². The molecule has 1 N–H and O–H groups in total. The van der Waals surface area contributed by atoms with Crippen LogP contribution in [0.15, 0.2) is 42.5 Å². The van der Waals surface area contributed by atoms with Gasteiger partial charge in [-0.1, -0.05) is 32.9 Å². The molecule has 0 aliphatic carbocycles. The fourth-order valence-electron chi connectivity index (χ4n) is 5.21. The van der Waals surface area contributed by atoms with Crippen LogP contribution in [0.2, 0.25) is 0 Å². The lowest BCUT2D eigenvalue weighted by molar-refractivity contribution is 0.391. The molecular weight excluding hydrogens is 524 g/mol. The number of fused-ring (bicyclic) bond motifs is 1. The monoisotopic (exact) mass is 564 g/mol. The lowest BCUT2D eigenvalue weighted by atomic mass is 9.86. The van der Waals surface area contributed by atoms with Gasteiger partial charge in [0.25, 0.3) is 0 Å². The maximum Gasteiger partial charge on any atom is 0.227 e. The second-order valence-electron chi connectivity index (χ2n) is 11.7. The van der Waals surface area contributed by atoms with E-state index in [1.54, 1.807) is 7.11 Å². The Hall–Kier alpha value is -3.37. The van der Waals surface area contributed by atoms with E-state index < -0.39 is 10.0 Å². The van der Waals surface area contributed by atoms with Crippen LogP contribution in [-0.2, 0) is 28.4 Å². The molecule has 1 aromatic heterocycles. The summed E-state index contributed by atoms with van der Waals surface area (Å²) in [5, 5.41) is 3.59. The van der Waals surface area contributed by atoms with Gasteiger partial charge in [0.2, 0.25) is 16.0 Å². The van der Waals surface area contributed by atoms with Crippen LogP contribution in [0.25, 0.3) is 0 Å². The summed E-state index contributed by atoms with van der Waals surface area (Å²) in [5.74, 6) is 2.22. The number of rotatable bonds is 6. The molecule has 0 atom stereocenters. The van der Waals surface area contributed by atoms with Crippen LogP contribution in [-0.4, -0.2) is 68.8 Å². The van der Waals surface area contributed by atoms with Crippen LogP contribution in [0.3, 0.4) is 0 Å². The van der Waals surface area contributed by atoms with Crippen molar-refractivity contribution in [1.29, 1.82) is 0 Å². The van der Waals surface area contributed by atoms with Crippen molar-refractivity contribution in [1.82, 2.24) is 14.3 Å². The molecule has 0 saturated carbocycles. The molecule has 0 unspecified atom stereocenters. The number of hydrogen-bond acceptors (Lipinski definition) is 8. The smallest absolute Gasteiger partial charge is 0.227 e. The summed E-state index contributed by atoms with van der Waals surface area (Å²) in [6.45, 7) is 12.6. The molecule has 1 fully saturated rings. The van der Waals surface area contributed by atoms with E-state index in [0.717, 1.165) is 54.4 Å². The predicted molar refractivity (Wildman–Crippen MR) is 162 cm³/mol. The number of hydrogen-bond donors (Lipinski definition) is 1. The van der Waals surface area contributed by atoms with Crippen molar-refractivity contribution >= 4 is 33.2 Å².